The zero-order chi connectivity index (χ0) is 15.7. The summed E-state index contributed by atoms with van der Waals surface area (Å²) in [5.74, 6) is 0.889. The van der Waals surface area contributed by atoms with Crippen molar-refractivity contribution in [3.05, 3.63) is 53.6 Å². The van der Waals surface area contributed by atoms with Gasteiger partial charge in [0.1, 0.15) is 5.75 Å². The van der Waals surface area contributed by atoms with Gasteiger partial charge in [-0.05, 0) is 61.7 Å². The molecule has 0 radical (unpaired) electrons. The monoisotopic (exact) mass is 296 g/mol. The molecular formula is C19H24N2O. The summed E-state index contributed by atoms with van der Waals surface area (Å²) in [6, 6.07) is 14.9. The van der Waals surface area contributed by atoms with E-state index in [0.717, 1.165) is 18.7 Å². The molecule has 0 aromatic heterocycles. The van der Waals surface area contributed by atoms with Crippen molar-refractivity contribution >= 4 is 11.4 Å². The van der Waals surface area contributed by atoms with Crippen LogP contribution in [0.4, 0.5) is 11.4 Å². The Morgan fingerprint density at radius 2 is 1.82 bits per heavy atom. The van der Waals surface area contributed by atoms with Crippen molar-refractivity contribution in [2.24, 2.45) is 0 Å². The smallest absolute Gasteiger partial charge is 0.118 e. The molecule has 1 aliphatic rings. The first kappa shape index (κ1) is 14.8. The molecule has 0 amide bonds. The van der Waals surface area contributed by atoms with Crippen molar-refractivity contribution < 1.29 is 4.74 Å². The van der Waals surface area contributed by atoms with E-state index >= 15 is 0 Å². The van der Waals surface area contributed by atoms with E-state index in [1.54, 1.807) is 7.11 Å². The highest BCUT2D eigenvalue weighted by Gasteiger charge is 2.22. The second kappa shape index (κ2) is 5.56. The Morgan fingerprint density at radius 1 is 1.09 bits per heavy atom. The van der Waals surface area contributed by atoms with Crippen LogP contribution in [0.2, 0.25) is 0 Å². The van der Waals surface area contributed by atoms with Gasteiger partial charge < -0.3 is 15.0 Å². The molecule has 3 nitrogen and oxygen atoms in total. The number of methoxy groups -OCH3 is 1. The summed E-state index contributed by atoms with van der Waals surface area (Å²) < 4.78 is 5.24. The molecule has 116 valence electrons. The lowest BCUT2D eigenvalue weighted by Gasteiger charge is -2.29. The Kier molecular flexibility index (Phi) is 3.73. The average molecular weight is 296 g/mol. The van der Waals surface area contributed by atoms with Crippen molar-refractivity contribution in [1.29, 1.82) is 0 Å². The van der Waals surface area contributed by atoms with Crippen LogP contribution >= 0.6 is 0 Å². The van der Waals surface area contributed by atoms with Crippen molar-refractivity contribution in [3.8, 4) is 5.75 Å². The quantitative estimate of drug-likeness (QED) is 0.921. The maximum absolute atomic E-state index is 5.24. The van der Waals surface area contributed by atoms with Gasteiger partial charge in [0.2, 0.25) is 0 Å². The lowest BCUT2D eigenvalue weighted by Crippen LogP contribution is -2.27. The predicted molar refractivity (Wildman–Crippen MR) is 93.1 cm³/mol. The van der Waals surface area contributed by atoms with E-state index in [-0.39, 0.29) is 5.54 Å². The highest BCUT2D eigenvalue weighted by Crippen LogP contribution is 2.32. The summed E-state index contributed by atoms with van der Waals surface area (Å²) in [5, 5.41) is 3.66. The van der Waals surface area contributed by atoms with Crippen molar-refractivity contribution in [1.82, 2.24) is 0 Å². The lowest BCUT2D eigenvalue weighted by molar-refractivity contribution is 0.414. The number of rotatable bonds is 4. The summed E-state index contributed by atoms with van der Waals surface area (Å²) >= 11 is 0. The molecule has 1 N–H and O–H groups in total. The van der Waals surface area contributed by atoms with Crippen LogP contribution in [0.5, 0.6) is 5.75 Å². The van der Waals surface area contributed by atoms with Gasteiger partial charge in [0, 0.05) is 25.0 Å². The van der Waals surface area contributed by atoms with E-state index in [0.29, 0.717) is 0 Å². The van der Waals surface area contributed by atoms with Crippen LogP contribution < -0.4 is 15.0 Å². The largest absolute Gasteiger partial charge is 0.497 e. The minimum absolute atomic E-state index is 0.134. The predicted octanol–water partition coefficient (Wildman–Crippen LogP) is 4.03. The van der Waals surface area contributed by atoms with Gasteiger partial charge in [-0.3, -0.25) is 0 Å². The summed E-state index contributed by atoms with van der Waals surface area (Å²) in [6.07, 6.45) is 1.13. The standard InChI is InChI=1S/C19H24N2O/c1-19(2,15-5-8-17(22-4)9-6-15)20-16-7-10-18-14(13-16)11-12-21(18)3/h5-10,13,20H,11-12H2,1-4H3. The molecule has 0 bridgehead atoms. The van der Waals surface area contributed by atoms with Crippen LogP contribution in [-0.4, -0.2) is 20.7 Å². The SMILES string of the molecule is COc1ccc(C(C)(C)Nc2ccc3c(c2)CCN3C)cc1. The van der Waals surface area contributed by atoms with Gasteiger partial charge in [-0.15, -0.1) is 0 Å². The van der Waals surface area contributed by atoms with Gasteiger partial charge in [0.15, 0.2) is 0 Å². The van der Waals surface area contributed by atoms with Crippen LogP contribution in [0, 0.1) is 0 Å². The summed E-state index contributed by atoms with van der Waals surface area (Å²) in [6.45, 7) is 5.52. The molecule has 3 rings (SSSR count). The van der Waals surface area contributed by atoms with E-state index in [1.165, 1.54) is 22.5 Å². The zero-order valence-electron chi connectivity index (χ0n) is 13.8. The fourth-order valence-electron chi connectivity index (χ4n) is 3.09. The molecule has 1 heterocycles. The number of fused-ring (bicyclic) bond motifs is 1. The maximum Gasteiger partial charge on any atom is 0.118 e. The van der Waals surface area contributed by atoms with Gasteiger partial charge in [0.05, 0.1) is 12.6 Å². The van der Waals surface area contributed by atoms with Crippen molar-refractivity contribution in [3.63, 3.8) is 0 Å². The molecule has 2 aromatic carbocycles. The second-order valence-corrected chi connectivity index (χ2v) is 6.49. The molecule has 0 fully saturated rings. The van der Waals surface area contributed by atoms with Gasteiger partial charge >= 0.3 is 0 Å². The molecule has 3 heteroatoms. The number of nitrogens with one attached hydrogen (secondary N) is 1. The van der Waals surface area contributed by atoms with Crippen LogP contribution in [-0.2, 0) is 12.0 Å². The second-order valence-electron chi connectivity index (χ2n) is 6.49. The molecule has 0 unspecified atom stereocenters. The van der Waals surface area contributed by atoms with E-state index in [1.807, 2.05) is 12.1 Å². The minimum Gasteiger partial charge on any atom is -0.497 e. The fourth-order valence-corrected chi connectivity index (χ4v) is 3.09. The first-order valence-electron chi connectivity index (χ1n) is 7.76. The van der Waals surface area contributed by atoms with Crippen LogP contribution in [0.15, 0.2) is 42.5 Å². The maximum atomic E-state index is 5.24. The number of hydrogen-bond acceptors (Lipinski definition) is 3. The molecule has 1 aliphatic heterocycles. The van der Waals surface area contributed by atoms with Crippen molar-refractivity contribution in [2.75, 3.05) is 30.9 Å². The van der Waals surface area contributed by atoms with Gasteiger partial charge in [0.25, 0.3) is 0 Å². The molecule has 0 atom stereocenters. The first-order chi connectivity index (χ1) is 10.5. The molecule has 0 spiro atoms. The minimum atomic E-state index is -0.134. The number of anilines is 2. The molecule has 0 saturated heterocycles. The number of ether oxygens (including phenoxy) is 1. The Hall–Kier alpha value is -2.16. The van der Waals surface area contributed by atoms with E-state index in [4.69, 9.17) is 4.74 Å². The summed E-state index contributed by atoms with van der Waals surface area (Å²) in [5.41, 5.74) is 5.07. The number of nitrogens with zero attached hydrogens (tertiary/aromatic N) is 1. The van der Waals surface area contributed by atoms with Crippen LogP contribution in [0.3, 0.4) is 0 Å². The topological polar surface area (TPSA) is 24.5 Å². The average Bonchev–Trinajstić information content (AvgIpc) is 2.88. The third-order valence-electron chi connectivity index (χ3n) is 4.48. The van der Waals surface area contributed by atoms with Crippen LogP contribution in [0.1, 0.15) is 25.0 Å². The van der Waals surface area contributed by atoms with Crippen LogP contribution in [0.25, 0.3) is 0 Å². The molecule has 2 aromatic rings. The Morgan fingerprint density at radius 3 is 2.50 bits per heavy atom. The first-order valence-corrected chi connectivity index (χ1v) is 7.76. The highest BCUT2D eigenvalue weighted by atomic mass is 16.5. The molecule has 0 aliphatic carbocycles. The highest BCUT2D eigenvalue weighted by molar-refractivity contribution is 5.64. The lowest BCUT2D eigenvalue weighted by atomic mass is 9.93. The Balaban J connectivity index is 1.81. The van der Waals surface area contributed by atoms with E-state index < -0.39 is 0 Å². The molecular weight excluding hydrogens is 272 g/mol. The third-order valence-corrected chi connectivity index (χ3v) is 4.48. The Bertz CT molecular complexity index is 662. The number of hydrogen-bond donors (Lipinski definition) is 1. The molecule has 22 heavy (non-hydrogen) atoms. The number of likely N-dealkylation sites (N-methyl/N-ethyl adjacent to an activating group) is 1. The Labute approximate surface area is 132 Å². The summed E-state index contributed by atoms with van der Waals surface area (Å²) in [7, 11) is 3.85. The van der Waals surface area contributed by atoms with Gasteiger partial charge in [-0.2, -0.15) is 0 Å². The fraction of sp³-hybridized carbons (Fsp3) is 0.368. The van der Waals surface area contributed by atoms with Gasteiger partial charge in [-0.25, -0.2) is 0 Å². The van der Waals surface area contributed by atoms with Crippen molar-refractivity contribution in [2.45, 2.75) is 25.8 Å². The normalized spacial score (nSPS) is 13.9. The zero-order valence-corrected chi connectivity index (χ0v) is 13.8. The third kappa shape index (κ3) is 2.76. The number of benzene rings is 2. The van der Waals surface area contributed by atoms with E-state index in [2.05, 4.69) is 61.4 Å². The summed E-state index contributed by atoms with van der Waals surface area (Å²) in [4.78, 5) is 2.31. The molecule has 0 saturated carbocycles. The van der Waals surface area contributed by atoms with E-state index in [9.17, 15) is 0 Å². The van der Waals surface area contributed by atoms with Gasteiger partial charge in [-0.1, -0.05) is 12.1 Å².